The molecule has 1 saturated heterocycles. The Morgan fingerprint density at radius 1 is 1.32 bits per heavy atom. The maximum absolute atomic E-state index is 12.7. The molecule has 7 heteroatoms. The molecular formula is C15H25NO6. The Labute approximate surface area is 130 Å². The number of carbonyl (C=O) groups excluding carboxylic acids is 3. The number of esters is 2. The lowest BCUT2D eigenvalue weighted by atomic mass is 9.92. The number of nitrogens with zero attached hydrogens (tertiary/aromatic N) is 1. The van der Waals surface area contributed by atoms with Gasteiger partial charge in [-0.15, -0.1) is 0 Å². The molecule has 7 nitrogen and oxygen atoms in total. The van der Waals surface area contributed by atoms with Crippen LogP contribution in [-0.4, -0.2) is 55.3 Å². The van der Waals surface area contributed by atoms with E-state index < -0.39 is 41.4 Å². The molecule has 1 aliphatic heterocycles. The molecule has 0 aromatic heterocycles. The number of rotatable bonds is 4. The molecule has 0 aliphatic carbocycles. The number of amides is 1. The zero-order valence-corrected chi connectivity index (χ0v) is 14.0. The van der Waals surface area contributed by atoms with Crippen molar-refractivity contribution in [3.63, 3.8) is 0 Å². The molecule has 126 valence electrons. The van der Waals surface area contributed by atoms with Gasteiger partial charge in [-0.05, 0) is 13.8 Å². The van der Waals surface area contributed by atoms with E-state index in [9.17, 15) is 14.4 Å². The monoisotopic (exact) mass is 315 g/mol. The third-order valence-corrected chi connectivity index (χ3v) is 3.48. The predicted octanol–water partition coefficient (Wildman–Crippen LogP) is 0.958. The van der Waals surface area contributed by atoms with E-state index in [1.54, 1.807) is 6.92 Å². The van der Waals surface area contributed by atoms with E-state index in [0.717, 1.165) is 0 Å². The van der Waals surface area contributed by atoms with Crippen molar-refractivity contribution in [1.82, 2.24) is 4.90 Å². The topological polar surface area (TPSA) is 82.1 Å². The van der Waals surface area contributed by atoms with E-state index in [4.69, 9.17) is 14.2 Å². The Hall–Kier alpha value is -1.63. The van der Waals surface area contributed by atoms with Crippen LogP contribution in [0.4, 0.5) is 0 Å². The molecule has 0 bridgehead atoms. The van der Waals surface area contributed by atoms with Gasteiger partial charge in [0.05, 0.1) is 20.3 Å². The Bertz CT molecular complexity index is 442. The van der Waals surface area contributed by atoms with Gasteiger partial charge < -0.3 is 14.2 Å². The molecule has 3 atom stereocenters. The van der Waals surface area contributed by atoms with Gasteiger partial charge in [0.1, 0.15) is 12.1 Å². The van der Waals surface area contributed by atoms with Gasteiger partial charge in [-0.2, -0.15) is 0 Å². The zero-order valence-electron chi connectivity index (χ0n) is 14.0. The van der Waals surface area contributed by atoms with Crippen LogP contribution in [0.5, 0.6) is 0 Å². The fraction of sp³-hybridized carbons (Fsp3) is 0.800. The average molecular weight is 315 g/mol. The van der Waals surface area contributed by atoms with Crippen molar-refractivity contribution in [3.8, 4) is 0 Å². The Balaban J connectivity index is 3.07. The van der Waals surface area contributed by atoms with Crippen molar-refractivity contribution >= 4 is 17.8 Å². The summed E-state index contributed by atoms with van der Waals surface area (Å²) in [5.41, 5.74) is -0.410. The summed E-state index contributed by atoms with van der Waals surface area (Å²) in [6.07, 6.45) is -0.610. The van der Waals surface area contributed by atoms with Crippen LogP contribution in [0.25, 0.3) is 0 Å². The summed E-state index contributed by atoms with van der Waals surface area (Å²) >= 11 is 0. The van der Waals surface area contributed by atoms with E-state index in [1.807, 2.05) is 20.8 Å². The molecule has 0 spiro atoms. The van der Waals surface area contributed by atoms with Crippen molar-refractivity contribution < 1.29 is 28.6 Å². The first-order valence-electron chi connectivity index (χ1n) is 7.33. The average Bonchev–Trinajstić information content (AvgIpc) is 2.89. The third kappa shape index (κ3) is 3.76. The Morgan fingerprint density at radius 3 is 2.36 bits per heavy atom. The first kappa shape index (κ1) is 18.4. The molecule has 0 saturated carbocycles. The molecule has 0 aromatic rings. The van der Waals surface area contributed by atoms with Gasteiger partial charge in [0.2, 0.25) is 5.91 Å². The minimum Gasteiger partial charge on any atom is -0.467 e. The second-order valence-corrected chi connectivity index (χ2v) is 6.31. The van der Waals surface area contributed by atoms with Crippen LogP contribution < -0.4 is 0 Å². The minimum absolute atomic E-state index is 0.0515. The number of hydrogen-bond donors (Lipinski definition) is 0. The van der Waals surface area contributed by atoms with Crippen LogP contribution >= 0.6 is 0 Å². The highest BCUT2D eigenvalue weighted by molar-refractivity contribution is 5.99. The standard InChI is InChI=1S/C15H25NO6/c1-7-21-12(18)9(2)11(17)16-10(13(19)20-6)8-22-14(16)15(3,4)5/h9-10,14H,7-8H2,1-6H3/t9-,10+,14-/m1/s1. The Morgan fingerprint density at radius 2 is 1.91 bits per heavy atom. The van der Waals surface area contributed by atoms with E-state index in [-0.39, 0.29) is 13.2 Å². The molecule has 1 fully saturated rings. The Kier molecular flexibility index (Phi) is 5.93. The minimum atomic E-state index is -1.00. The van der Waals surface area contributed by atoms with Crippen molar-refractivity contribution in [1.29, 1.82) is 0 Å². The van der Waals surface area contributed by atoms with Crippen LogP contribution in [0.2, 0.25) is 0 Å². The van der Waals surface area contributed by atoms with Crippen LogP contribution in [-0.2, 0) is 28.6 Å². The molecule has 0 aromatic carbocycles. The summed E-state index contributed by atoms with van der Waals surface area (Å²) in [4.78, 5) is 37.7. The van der Waals surface area contributed by atoms with Gasteiger partial charge in [0.15, 0.2) is 6.04 Å². The summed E-state index contributed by atoms with van der Waals surface area (Å²) in [6.45, 7) is 9.06. The molecule has 1 heterocycles. The molecule has 0 radical (unpaired) electrons. The van der Waals surface area contributed by atoms with Crippen molar-refractivity contribution in [3.05, 3.63) is 0 Å². The second kappa shape index (κ2) is 7.09. The third-order valence-electron chi connectivity index (χ3n) is 3.48. The van der Waals surface area contributed by atoms with Crippen LogP contribution in [0, 0.1) is 11.3 Å². The normalized spacial score (nSPS) is 23.1. The maximum atomic E-state index is 12.7. The number of methoxy groups -OCH3 is 1. The molecule has 0 N–H and O–H groups in total. The molecule has 1 aliphatic rings. The fourth-order valence-electron chi connectivity index (χ4n) is 2.35. The first-order valence-corrected chi connectivity index (χ1v) is 7.33. The van der Waals surface area contributed by atoms with E-state index in [2.05, 4.69) is 0 Å². The smallest absolute Gasteiger partial charge is 0.331 e. The summed E-state index contributed by atoms with van der Waals surface area (Å²) in [7, 11) is 1.25. The molecule has 1 amide bonds. The first-order chi connectivity index (χ1) is 10.1. The highest BCUT2D eigenvalue weighted by Crippen LogP contribution is 2.33. The van der Waals surface area contributed by atoms with E-state index in [0.29, 0.717) is 0 Å². The molecule has 0 unspecified atom stereocenters. The van der Waals surface area contributed by atoms with Crippen molar-refractivity contribution in [2.75, 3.05) is 20.3 Å². The van der Waals surface area contributed by atoms with Gasteiger partial charge in [-0.1, -0.05) is 20.8 Å². The largest absolute Gasteiger partial charge is 0.467 e. The van der Waals surface area contributed by atoms with Crippen molar-refractivity contribution in [2.24, 2.45) is 11.3 Å². The number of hydrogen-bond acceptors (Lipinski definition) is 6. The van der Waals surface area contributed by atoms with Gasteiger partial charge >= 0.3 is 11.9 Å². The summed E-state index contributed by atoms with van der Waals surface area (Å²) < 4.78 is 15.2. The summed E-state index contributed by atoms with van der Waals surface area (Å²) in [6, 6.07) is -0.849. The number of carbonyl (C=O) groups is 3. The van der Waals surface area contributed by atoms with Gasteiger partial charge in [-0.25, -0.2) is 4.79 Å². The van der Waals surface area contributed by atoms with Gasteiger partial charge in [0.25, 0.3) is 0 Å². The lowest BCUT2D eigenvalue weighted by molar-refractivity contribution is -0.164. The quantitative estimate of drug-likeness (QED) is 0.567. The zero-order chi connectivity index (χ0) is 17.1. The highest BCUT2D eigenvalue weighted by Gasteiger charge is 2.49. The maximum Gasteiger partial charge on any atom is 0.331 e. The van der Waals surface area contributed by atoms with Crippen molar-refractivity contribution in [2.45, 2.75) is 46.9 Å². The highest BCUT2D eigenvalue weighted by atomic mass is 16.5. The van der Waals surface area contributed by atoms with E-state index in [1.165, 1.54) is 18.9 Å². The summed E-state index contributed by atoms with van der Waals surface area (Å²) in [5, 5.41) is 0. The lowest BCUT2D eigenvalue weighted by Gasteiger charge is -2.36. The van der Waals surface area contributed by atoms with Crippen LogP contribution in [0.15, 0.2) is 0 Å². The lowest BCUT2D eigenvalue weighted by Crippen LogP contribution is -2.53. The molecule has 1 rings (SSSR count). The number of ether oxygens (including phenoxy) is 3. The van der Waals surface area contributed by atoms with E-state index >= 15 is 0 Å². The summed E-state index contributed by atoms with van der Waals surface area (Å²) in [5.74, 6) is -2.67. The van der Waals surface area contributed by atoms with Gasteiger partial charge in [-0.3, -0.25) is 14.5 Å². The predicted molar refractivity (Wildman–Crippen MR) is 77.6 cm³/mol. The molecule has 22 heavy (non-hydrogen) atoms. The molecular weight excluding hydrogens is 290 g/mol. The van der Waals surface area contributed by atoms with Crippen LogP contribution in [0.3, 0.4) is 0 Å². The van der Waals surface area contributed by atoms with Gasteiger partial charge in [0, 0.05) is 5.41 Å². The fourth-order valence-corrected chi connectivity index (χ4v) is 2.35. The van der Waals surface area contributed by atoms with Crippen LogP contribution in [0.1, 0.15) is 34.6 Å². The SMILES string of the molecule is CCOC(=O)[C@H](C)C(=O)N1[C@H](C(=O)OC)CO[C@@H]1C(C)(C)C. The second-order valence-electron chi connectivity index (χ2n) is 6.31.